The molecule has 0 aromatic heterocycles. The Morgan fingerprint density at radius 1 is 1.05 bits per heavy atom. The summed E-state index contributed by atoms with van der Waals surface area (Å²) in [4.78, 5) is 12.1. The first-order valence-electron chi connectivity index (χ1n) is 7.44. The van der Waals surface area contributed by atoms with Gasteiger partial charge in [0.2, 0.25) is 0 Å². The molecule has 2 aromatic rings. The van der Waals surface area contributed by atoms with Gasteiger partial charge in [0.05, 0.1) is 5.38 Å². The third kappa shape index (κ3) is 3.58. The summed E-state index contributed by atoms with van der Waals surface area (Å²) in [5, 5.41) is -0.372. The number of carbonyl (C=O) groups excluding carboxylic acids is 1. The number of hydrogen-bond donors (Lipinski definition) is 0. The van der Waals surface area contributed by atoms with Crippen LogP contribution >= 0.6 is 11.6 Å². The second-order valence-electron chi connectivity index (χ2n) is 5.38. The lowest BCUT2D eigenvalue weighted by molar-refractivity contribution is -0.116. The first-order chi connectivity index (χ1) is 10.7. The zero-order valence-electron chi connectivity index (χ0n) is 12.2. The minimum atomic E-state index is -0.372. The Morgan fingerprint density at radius 2 is 1.82 bits per heavy atom. The highest BCUT2D eigenvalue weighted by molar-refractivity contribution is 6.34. The van der Waals surface area contributed by atoms with E-state index in [1.54, 1.807) is 0 Å². The topological polar surface area (TPSA) is 26.3 Å². The van der Waals surface area contributed by atoms with Crippen molar-refractivity contribution in [3.8, 4) is 11.5 Å². The van der Waals surface area contributed by atoms with Gasteiger partial charge in [-0.3, -0.25) is 4.79 Å². The Labute approximate surface area is 135 Å². The van der Waals surface area contributed by atoms with E-state index in [0.717, 1.165) is 41.9 Å². The van der Waals surface area contributed by atoms with E-state index in [4.69, 9.17) is 16.3 Å². The third-order valence-corrected chi connectivity index (χ3v) is 4.10. The van der Waals surface area contributed by atoms with Crippen molar-refractivity contribution in [1.82, 2.24) is 0 Å². The van der Waals surface area contributed by atoms with Gasteiger partial charge in [0.15, 0.2) is 5.78 Å². The summed E-state index contributed by atoms with van der Waals surface area (Å²) >= 11 is 6.05. The SMILES string of the molecule is O=C1C(=Cc2cccc(Oc3ccccc3)c2)CCCC1Cl. The number of ketones is 1. The minimum Gasteiger partial charge on any atom is -0.457 e. The van der Waals surface area contributed by atoms with Crippen molar-refractivity contribution >= 4 is 23.5 Å². The number of ether oxygens (including phenoxy) is 1. The Hall–Kier alpha value is -2.06. The second kappa shape index (κ2) is 6.80. The molecule has 0 bridgehead atoms. The third-order valence-electron chi connectivity index (χ3n) is 3.68. The number of rotatable bonds is 3. The van der Waals surface area contributed by atoms with Crippen LogP contribution in [0.5, 0.6) is 11.5 Å². The molecule has 2 aromatic carbocycles. The highest BCUT2D eigenvalue weighted by Crippen LogP contribution is 2.27. The number of para-hydroxylation sites is 1. The highest BCUT2D eigenvalue weighted by atomic mass is 35.5. The maximum Gasteiger partial charge on any atom is 0.176 e. The second-order valence-corrected chi connectivity index (χ2v) is 5.91. The van der Waals surface area contributed by atoms with Gasteiger partial charge in [0, 0.05) is 0 Å². The zero-order valence-corrected chi connectivity index (χ0v) is 12.9. The number of carbonyl (C=O) groups is 1. The van der Waals surface area contributed by atoms with Gasteiger partial charge in [0.1, 0.15) is 11.5 Å². The molecule has 1 aliphatic carbocycles. The summed E-state index contributed by atoms with van der Waals surface area (Å²) in [5.41, 5.74) is 1.77. The lowest BCUT2D eigenvalue weighted by Gasteiger charge is -2.17. The van der Waals surface area contributed by atoms with Crippen LogP contribution in [0, 0.1) is 0 Å². The van der Waals surface area contributed by atoms with E-state index < -0.39 is 0 Å². The molecule has 1 fully saturated rings. The Bertz CT molecular complexity index is 692. The fraction of sp³-hybridized carbons (Fsp3) is 0.211. The summed E-state index contributed by atoms with van der Waals surface area (Å²) in [6, 6.07) is 17.4. The molecule has 3 heteroatoms. The molecular formula is C19H17ClO2. The summed E-state index contributed by atoms with van der Waals surface area (Å²) in [6.45, 7) is 0. The Morgan fingerprint density at radius 3 is 2.64 bits per heavy atom. The maximum absolute atomic E-state index is 12.1. The largest absolute Gasteiger partial charge is 0.457 e. The van der Waals surface area contributed by atoms with Crippen molar-refractivity contribution in [2.24, 2.45) is 0 Å². The molecular weight excluding hydrogens is 296 g/mol. The van der Waals surface area contributed by atoms with Gasteiger partial charge in [-0.05, 0) is 60.7 Å². The zero-order chi connectivity index (χ0) is 15.4. The lowest BCUT2D eigenvalue weighted by Crippen LogP contribution is -2.21. The standard InChI is InChI=1S/C19H17ClO2/c20-18-11-5-7-15(19(18)21)12-14-6-4-10-17(13-14)22-16-8-2-1-3-9-16/h1-4,6,8-10,12-13,18H,5,7,11H2. The molecule has 1 unspecified atom stereocenters. The minimum absolute atomic E-state index is 0.0577. The van der Waals surface area contributed by atoms with Crippen LogP contribution in [0.3, 0.4) is 0 Å². The van der Waals surface area contributed by atoms with E-state index in [9.17, 15) is 4.79 Å². The molecule has 112 valence electrons. The van der Waals surface area contributed by atoms with E-state index in [1.165, 1.54) is 0 Å². The molecule has 0 heterocycles. The maximum atomic E-state index is 12.1. The van der Waals surface area contributed by atoms with Gasteiger partial charge in [-0.1, -0.05) is 30.3 Å². The number of alkyl halides is 1. The van der Waals surface area contributed by atoms with Crippen LogP contribution in [-0.4, -0.2) is 11.2 Å². The van der Waals surface area contributed by atoms with E-state index in [1.807, 2.05) is 60.7 Å². The van der Waals surface area contributed by atoms with Crippen LogP contribution in [0.4, 0.5) is 0 Å². The number of hydrogen-bond acceptors (Lipinski definition) is 2. The number of Topliss-reactive ketones (excluding diaryl/α,β-unsaturated/α-hetero) is 1. The smallest absolute Gasteiger partial charge is 0.176 e. The summed E-state index contributed by atoms with van der Waals surface area (Å²) in [6.07, 6.45) is 4.46. The molecule has 3 rings (SSSR count). The molecule has 0 saturated heterocycles. The van der Waals surface area contributed by atoms with Crippen LogP contribution in [0.1, 0.15) is 24.8 Å². The van der Waals surface area contributed by atoms with Crippen LogP contribution in [0.15, 0.2) is 60.2 Å². The predicted molar refractivity (Wildman–Crippen MR) is 89.4 cm³/mol. The van der Waals surface area contributed by atoms with Crippen LogP contribution in [0.25, 0.3) is 6.08 Å². The Kier molecular flexibility index (Phi) is 4.59. The van der Waals surface area contributed by atoms with Gasteiger partial charge in [-0.25, -0.2) is 0 Å². The van der Waals surface area contributed by atoms with Crippen LogP contribution in [0.2, 0.25) is 0 Å². The average molecular weight is 313 g/mol. The van der Waals surface area contributed by atoms with Gasteiger partial charge < -0.3 is 4.74 Å². The number of allylic oxidation sites excluding steroid dienone is 1. The normalized spacial score (nSPS) is 20.1. The first-order valence-corrected chi connectivity index (χ1v) is 7.88. The fourth-order valence-electron chi connectivity index (χ4n) is 2.56. The van der Waals surface area contributed by atoms with Gasteiger partial charge in [-0.2, -0.15) is 0 Å². The van der Waals surface area contributed by atoms with Crippen molar-refractivity contribution in [3.05, 3.63) is 65.7 Å². The van der Waals surface area contributed by atoms with Gasteiger partial charge in [0.25, 0.3) is 0 Å². The van der Waals surface area contributed by atoms with Crippen molar-refractivity contribution in [1.29, 1.82) is 0 Å². The molecule has 0 spiro atoms. The molecule has 1 atom stereocenters. The Balaban J connectivity index is 1.81. The highest BCUT2D eigenvalue weighted by Gasteiger charge is 2.24. The molecule has 22 heavy (non-hydrogen) atoms. The van der Waals surface area contributed by atoms with Gasteiger partial charge >= 0.3 is 0 Å². The number of halogens is 1. The first kappa shape index (κ1) is 14.9. The van der Waals surface area contributed by atoms with Crippen LogP contribution < -0.4 is 4.74 Å². The molecule has 1 aliphatic rings. The molecule has 0 amide bonds. The van der Waals surface area contributed by atoms with Crippen LogP contribution in [-0.2, 0) is 4.79 Å². The predicted octanol–water partition coefficient (Wildman–Crippen LogP) is 5.22. The average Bonchev–Trinajstić information content (AvgIpc) is 2.53. The molecule has 0 radical (unpaired) electrons. The summed E-state index contributed by atoms with van der Waals surface area (Å²) in [7, 11) is 0. The van der Waals surface area contributed by atoms with E-state index in [0.29, 0.717) is 0 Å². The number of benzene rings is 2. The lowest BCUT2D eigenvalue weighted by atomic mass is 9.91. The van der Waals surface area contributed by atoms with E-state index in [-0.39, 0.29) is 11.2 Å². The van der Waals surface area contributed by atoms with E-state index in [2.05, 4.69) is 0 Å². The van der Waals surface area contributed by atoms with Crippen molar-refractivity contribution < 1.29 is 9.53 Å². The van der Waals surface area contributed by atoms with Crippen molar-refractivity contribution in [2.45, 2.75) is 24.6 Å². The quantitative estimate of drug-likeness (QED) is 0.573. The molecule has 1 saturated carbocycles. The van der Waals surface area contributed by atoms with Gasteiger partial charge in [-0.15, -0.1) is 11.6 Å². The summed E-state index contributed by atoms with van der Waals surface area (Å²) in [5.74, 6) is 1.61. The molecule has 0 N–H and O–H groups in total. The summed E-state index contributed by atoms with van der Waals surface area (Å²) < 4.78 is 5.82. The van der Waals surface area contributed by atoms with Crippen molar-refractivity contribution in [3.63, 3.8) is 0 Å². The van der Waals surface area contributed by atoms with Crippen molar-refractivity contribution in [2.75, 3.05) is 0 Å². The molecule has 0 aliphatic heterocycles. The van der Waals surface area contributed by atoms with E-state index >= 15 is 0 Å². The molecule has 2 nitrogen and oxygen atoms in total. The monoisotopic (exact) mass is 312 g/mol. The fourth-order valence-corrected chi connectivity index (χ4v) is 2.86.